The van der Waals surface area contributed by atoms with Gasteiger partial charge in [0.25, 0.3) is 0 Å². The maximum absolute atomic E-state index is 12.0. The van der Waals surface area contributed by atoms with Crippen LogP contribution >= 0.6 is 0 Å². The van der Waals surface area contributed by atoms with E-state index >= 15 is 0 Å². The van der Waals surface area contributed by atoms with Crippen LogP contribution in [0.4, 0.5) is 0 Å². The van der Waals surface area contributed by atoms with Gasteiger partial charge in [0, 0.05) is 25.5 Å². The van der Waals surface area contributed by atoms with E-state index in [-0.39, 0.29) is 17.9 Å². The summed E-state index contributed by atoms with van der Waals surface area (Å²) in [6.45, 7) is 1.63. The molecule has 2 unspecified atom stereocenters. The average Bonchev–Trinajstić information content (AvgIpc) is 3.22. The zero-order valence-electron chi connectivity index (χ0n) is 11.1. The van der Waals surface area contributed by atoms with Crippen LogP contribution in [0, 0.1) is 5.92 Å². The van der Waals surface area contributed by atoms with Gasteiger partial charge in [-0.2, -0.15) is 5.10 Å². The van der Waals surface area contributed by atoms with Crippen LogP contribution in [0.2, 0.25) is 0 Å². The Hall–Kier alpha value is -2.08. The summed E-state index contributed by atoms with van der Waals surface area (Å²) in [5.41, 5.74) is 0. The number of ether oxygens (including phenoxy) is 1. The molecule has 0 bridgehead atoms. The molecule has 1 aliphatic heterocycles. The van der Waals surface area contributed by atoms with Gasteiger partial charge < -0.3 is 14.5 Å². The molecule has 3 rings (SSSR count). The van der Waals surface area contributed by atoms with E-state index < -0.39 is 0 Å². The highest BCUT2D eigenvalue weighted by atomic mass is 16.5. The Balaban J connectivity index is 1.66. The lowest BCUT2D eigenvalue weighted by molar-refractivity contribution is -0.125. The molecule has 0 aliphatic carbocycles. The summed E-state index contributed by atoms with van der Waals surface area (Å²) in [7, 11) is 0. The normalized spacial score (nSPS) is 19.9. The van der Waals surface area contributed by atoms with Crippen molar-refractivity contribution in [2.75, 3.05) is 19.8 Å². The molecule has 0 aromatic carbocycles. The van der Waals surface area contributed by atoms with Gasteiger partial charge in [0.2, 0.25) is 5.91 Å². The first-order chi connectivity index (χ1) is 9.84. The molecule has 20 heavy (non-hydrogen) atoms. The first-order valence-corrected chi connectivity index (χ1v) is 6.72. The Morgan fingerprint density at radius 3 is 3.15 bits per heavy atom. The van der Waals surface area contributed by atoms with Crippen molar-refractivity contribution in [2.24, 2.45) is 5.92 Å². The first-order valence-electron chi connectivity index (χ1n) is 6.72. The number of hydrogen-bond donors (Lipinski definition) is 1. The van der Waals surface area contributed by atoms with Crippen LogP contribution in [0.1, 0.15) is 18.2 Å². The van der Waals surface area contributed by atoms with E-state index in [9.17, 15) is 4.79 Å². The number of amides is 1. The van der Waals surface area contributed by atoms with Crippen LogP contribution in [0.25, 0.3) is 0 Å². The Morgan fingerprint density at radius 1 is 1.55 bits per heavy atom. The van der Waals surface area contributed by atoms with E-state index in [1.807, 2.05) is 24.4 Å². The molecule has 3 heterocycles. The minimum Gasteiger partial charge on any atom is -0.467 e. The van der Waals surface area contributed by atoms with Gasteiger partial charge in [-0.05, 0) is 24.6 Å². The van der Waals surface area contributed by atoms with E-state index in [4.69, 9.17) is 9.15 Å². The summed E-state index contributed by atoms with van der Waals surface area (Å²) >= 11 is 0. The summed E-state index contributed by atoms with van der Waals surface area (Å²) < 4.78 is 12.5. The smallest absolute Gasteiger partial charge is 0.225 e. The van der Waals surface area contributed by atoms with Crippen molar-refractivity contribution in [3.8, 4) is 0 Å². The number of furan rings is 1. The second kappa shape index (κ2) is 5.92. The zero-order valence-corrected chi connectivity index (χ0v) is 11.1. The van der Waals surface area contributed by atoms with Gasteiger partial charge in [-0.1, -0.05) is 0 Å². The maximum Gasteiger partial charge on any atom is 0.225 e. The van der Waals surface area contributed by atoms with Crippen LogP contribution in [0.15, 0.2) is 41.3 Å². The molecular formula is C14H17N3O3. The fraction of sp³-hybridized carbons (Fsp3) is 0.429. The van der Waals surface area contributed by atoms with E-state index in [0.29, 0.717) is 19.8 Å². The van der Waals surface area contributed by atoms with Crippen molar-refractivity contribution in [2.45, 2.75) is 12.5 Å². The molecule has 1 fully saturated rings. The number of carbonyl (C=O) groups excluding carboxylic acids is 1. The van der Waals surface area contributed by atoms with Crippen molar-refractivity contribution in [1.82, 2.24) is 15.1 Å². The lowest BCUT2D eigenvalue weighted by Gasteiger charge is -2.17. The first kappa shape index (κ1) is 12.9. The van der Waals surface area contributed by atoms with Crippen molar-refractivity contribution in [3.63, 3.8) is 0 Å². The minimum absolute atomic E-state index is 0.0335. The second-order valence-electron chi connectivity index (χ2n) is 4.82. The summed E-state index contributed by atoms with van der Waals surface area (Å²) in [5.74, 6) is 0.771. The lowest BCUT2D eigenvalue weighted by atomic mass is 10.1. The highest BCUT2D eigenvalue weighted by Gasteiger charge is 2.25. The minimum atomic E-state index is -0.133. The number of hydrogen-bond acceptors (Lipinski definition) is 4. The molecule has 106 valence electrons. The highest BCUT2D eigenvalue weighted by Crippen LogP contribution is 2.18. The summed E-state index contributed by atoms with van der Waals surface area (Å²) in [4.78, 5) is 12.0. The van der Waals surface area contributed by atoms with Crippen LogP contribution in [-0.4, -0.2) is 35.4 Å². The predicted molar refractivity (Wildman–Crippen MR) is 71.0 cm³/mol. The average molecular weight is 275 g/mol. The Labute approximate surface area is 116 Å². The lowest BCUT2D eigenvalue weighted by Crippen LogP contribution is -2.35. The third-order valence-electron chi connectivity index (χ3n) is 3.49. The second-order valence-corrected chi connectivity index (χ2v) is 4.82. The quantitative estimate of drug-likeness (QED) is 0.890. The molecule has 1 N–H and O–H groups in total. The van der Waals surface area contributed by atoms with Crippen molar-refractivity contribution in [3.05, 3.63) is 42.6 Å². The van der Waals surface area contributed by atoms with E-state index in [1.165, 1.54) is 0 Å². The molecule has 2 atom stereocenters. The molecule has 0 spiro atoms. The fourth-order valence-corrected chi connectivity index (χ4v) is 2.35. The molecule has 1 amide bonds. The van der Waals surface area contributed by atoms with E-state index in [2.05, 4.69) is 10.4 Å². The number of aromatic nitrogens is 2. The molecular weight excluding hydrogens is 258 g/mol. The maximum atomic E-state index is 12.0. The molecule has 0 saturated carbocycles. The summed E-state index contributed by atoms with van der Waals surface area (Å²) in [5, 5.41) is 7.19. The molecule has 6 heteroatoms. The van der Waals surface area contributed by atoms with Gasteiger partial charge in [0.1, 0.15) is 11.8 Å². The monoisotopic (exact) mass is 275 g/mol. The molecule has 2 aromatic rings. The third kappa shape index (κ3) is 2.75. The molecule has 6 nitrogen and oxygen atoms in total. The highest BCUT2D eigenvalue weighted by molar-refractivity contribution is 5.79. The van der Waals surface area contributed by atoms with Crippen molar-refractivity contribution in [1.29, 1.82) is 0 Å². The number of nitrogens with one attached hydrogen (secondary N) is 1. The predicted octanol–water partition coefficient (Wildman–Crippen LogP) is 1.22. The van der Waals surface area contributed by atoms with Gasteiger partial charge in [0.05, 0.1) is 18.8 Å². The molecule has 1 aliphatic rings. The van der Waals surface area contributed by atoms with E-state index in [1.54, 1.807) is 17.1 Å². The number of nitrogens with zero attached hydrogens (tertiary/aromatic N) is 2. The molecule has 1 saturated heterocycles. The van der Waals surface area contributed by atoms with Gasteiger partial charge in [-0.25, -0.2) is 0 Å². The Kier molecular flexibility index (Phi) is 3.83. The van der Waals surface area contributed by atoms with Gasteiger partial charge in [-0.3, -0.25) is 9.48 Å². The van der Waals surface area contributed by atoms with Crippen LogP contribution in [0.3, 0.4) is 0 Å². The zero-order chi connectivity index (χ0) is 13.8. The standard InChI is InChI=1S/C14H17N3O3/c18-14(11-4-8-19-10-11)15-9-12(13-3-1-7-20-13)17-6-2-5-16-17/h1-3,5-7,11-12H,4,8-10H2,(H,15,18). The number of carbonyl (C=O) groups is 1. The van der Waals surface area contributed by atoms with Crippen molar-refractivity contribution < 1.29 is 13.9 Å². The Morgan fingerprint density at radius 2 is 2.50 bits per heavy atom. The van der Waals surface area contributed by atoms with Gasteiger partial charge in [-0.15, -0.1) is 0 Å². The number of rotatable bonds is 5. The fourth-order valence-electron chi connectivity index (χ4n) is 2.35. The van der Waals surface area contributed by atoms with Gasteiger partial charge >= 0.3 is 0 Å². The van der Waals surface area contributed by atoms with Gasteiger partial charge in [0.15, 0.2) is 0 Å². The van der Waals surface area contributed by atoms with Crippen molar-refractivity contribution >= 4 is 5.91 Å². The SMILES string of the molecule is O=C(NCC(c1ccco1)n1cccn1)C1CCOC1. The van der Waals surface area contributed by atoms with E-state index in [0.717, 1.165) is 12.2 Å². The Bertz CT molecular complexity index is 496. The summed E-state index contributed by atoms with van der Waals surface area (Å²) in [6.07, 6.45) is 5.98. The third-order valence-corrected chi connectivity index (χ3v) is 3.49. The summed E-state index contributed by atoms with van der Waals surface area (Å²) in [6, 6.07) is 5.43. The topological polar surface area (TPSA) is 69.3 Å². The van der Waals surface area contributed by atoms with Crippen LogP contribution < -0.4 is 5.32 Å². The molecule has 2 aromatic heterocycles. The van der Waals surface area contributed by atoms with Crippen LogP contribution in [-0.2, 0) is 9.53 Å². The molecule has 0 radical (unpaired) electrons. The van der Waals surface area contributed by atoms with Crippen LogP contribution in [0.5, 0.6) is 0 Å². The largest absolute Gasteiger partial charge is 0.467 e.